The van der Waals surface area contributed by atoms with Gasteiger partial charge in [0.1, 0.15) is 11.8 Å². The van der Waals surface area contributed by atoms with Crippen LogP contribution in [0.15, 0.2) is 66.7 Å². The van der Waals surface area contributed by atoms with Gasteiger partial charge >= 0.3 is 12.1 Å². The number of hydrogen-bond donors (Lipinski definition) is 1. The molecule has 182 valence electrons. The van der Waals surface area contributed by atoms with Crippen molar-refractivity contribution in [3.8, 4) is 16.9 Å². The molecule has 2 N–H and O–H groups in total. The van der Waals surface area contributed by atoms with Crippen molar-refractivity contribution in [2.75, 3.05) is 12.3 Å². The summed E-state index contributed by atoms with van der Waals surface area (Å²) in [5, 5.41) is 0. The Morgan fingerprint density at radius 2 is 1.80 bits per heavy atom. The average Bonchev–Trinajstić information content (AvgIpc) is 2.83. The van der Waals surface area contributed by atoms with Gasteiger partial charge in [-0.05, 0) is 59.0 Å². The van der Waals surface area contributed by atoms with E-state index in [2.05, 4.69) is 0 Å². The first-order valence-electron chi connectivity index (χ1n) is 11.0. The van der Waals surface area contributed by atoms with Gasteiger partial charge in [-0.25, -0.2) is 9.10 Å². The Hall–Kier alpha value is -3.30. The largest absolute Gasteiger partial charge is 0.423 e. The third kappa shape index (κ3) is 5.36. The fourth-order valence-corrected chi connectivity index (χ4v) is 5.08. The molecule has 0 saturated heterocycles. The average molecular weight is 501 g/mol. The first kappa shape index (κ1) is 24.8. The summed E-state index contributed by atoms with van der Waals surface area (Å²) in [6, 6.07) is 15.8. The quantitative estimate of drug-likeness (QED) is 0.269. The number of fused-ring (bicyclic) bond motifs is 1. The molecule has 0 bridgehead atoms. The minimum Gasteiger partial charge on any atom is -0.423 e. The molecule has 5 nitrogen and oxygen atoms in total. The molecule has 0 saturated carbocycles. The number of primary amides is 1. The standard InChI is InChI=1S/C26H23F3N2O3S/c1-2-35-31-14-13-17-15-19(11-12-21(17)23(31)24(30)32)34-25(33)22-6-4-3-5-20(22)16-7-9-18(10-8-16)26(27,28)29/h3-12,15,23H,2,13-14H2,1H3,(H2,30,32). The second-order valence-electron chi connectivity index (χ2n) is 7.98. The molecule has 4 rings (SSSR count). The molecule has 0 aliphatic carbocycles. The van der Waals surface area contributed by atoms with Crippen molar-refractivity contribution >= 4 is 23.8 Å². The molecular weight excluding hydrogens is 477 g/mol. The molecule has 1 heterocycles. The highest BCUT2D eigenvalue weighted by Gasteiger charge is 2.32. The lowest BCUT2D eigenvalue weighted by atomic mass is 9.93. The van der Waals surface area contributed by atoms with Crippen LogP contribution in [0.1, 0.15) is 40.0 Å². The fraction of sp³-hybridized carbons (Fsp3) is 0.231. The Kier molecular flexibility index (Phi) is 7.18. The van der Waals surface area contributed by atoms with Gasteiger partial charge in [-0.15, -0.1) is 0 Å². The third-order valence-corrected chi connectivity index (χ3v) is 6.73. The molecule has 35 heavy (non-hydrogen) atoms. The minimum atomic E-state index is -4.44. The number of nitrogens with two attached hydrogens (primary N) is 1. The number of rotatable bonds is 6. The number of esters is 1. The van der Waals surface area contributed by atoms with Crippen LogP contribution in [0.5, 0.6) is 5.75 Å². The number of benzene rings is 3. The van der Waals surface area contributed by atoms with Crippen LogP contribution >= 0.6 is 11.9 Å². The fourth-order valence-electron chi connectivity index (χ4n) is 4.16. The van der Waals surface area contributed by atoms with Crippen LogP contribution in [-0.2, 0) is 17.4 Å². The Balaban J connectivity index is 1.58. The summed E-state index contributed by atoms with van der Waals surface area (Å²) in [6.07, 6.45) is -3.77. The van der Waals surface area contributed by atoms with E-state index in [4.69, 9.17) is 10.5 Å². The van der Waals surface area contributed by atoms with Crippen molar-refractivity contribution in [1.82, 2.24) is 4.31 Å². The smallest absolute Gasteiger partial charge is 0.416 e. The number of halogens is 3. The van der Waals surface area contributed by atoms with Gasteiger partial charge in [0.15, 0.2) is 0 Å². The first-order valence-corrected chi connectivity index (χ1v) is 11.9. The summed E-state index contributed by atoms with van der Waals surface area (Å²) >= 11 is 1.55. The van der Waals surface area contributed by atoms with Crippen LogP contribution in [0.2, 0.25) is 0 Å². The summed E-state index contributed by atoms with van der Waals surface area (Å²) < 4.78 is 46.3. The predicted molar refractivity (Wildman–Crippen MR) is 129 cm³/mol. The van der Waals surface area contributed by atoms with E-state index in [1.165, 1.54) is 12.1 Å². The molecule has 1 aliphatic rings. The van der Waals surface area contributed by atoms with Crippen molar-refractivity contribution in [2.24, 2.45) is 5.73 Å². The van der Waals surface area contributed by atoms with Crippen molar-refractivity contribution in [2.45, 2.75) is 25.6 Å². The molecular formula is C26H23F3N2O3S. The lowest BCUT2D eigenvalue weighted by Gasteiger charge is -2.34. The van der Waals surface area contributed by atoms with E-state index in [0.717, 1.165) is 29.0 Å². The molecule has 1 amide bonds. The molecule has 0 spiro atoms. The number of ether oxygens (including phenoxy) is 1. The van der Waals surface area contributed by atoms with Gasteiger partial charge in [-0.1, -0.05) is 55.3 Å². The number of amides is 1. The number of alkyl halides is 3. The van der Waals surface area contributed by atoms with Crippen LogP contribution < -0.4 is 10.5 Å². The van der Waals surface area contributed by atoms with E-state index in [9.17, 15) is 22.8 Å². The number of carbonyl (C=O) groups excluding carboxylic acids is 2. The summed E-state index contributed by atoms with van der Waals surface area (Å²) in [5.41, 5.74) is 7.72. The highest BCUT2D eigenvalue weighted by Crippen LogP contribution is 2.36. The molecule has 3 aromatic carbocycles. The number of hydrogen-bond acceptors (Lipinski definition) is 5. The Labute approximate surface area is 205 Å². The zero-order chi connectivity index (χ0) is 25.2. The summed E-state index contributed by atoms with van der Waals surface area (Å²) in [4.78, 5) is 25.1. The Morgan fingerprint density at radius 3 is 2.46 bits per heavy atom. The second kappa shape index (κ2) is 10.1. The lowest BCUT2D eigenvalue weighted by molar-refractivity contribution is -0.137. The molecule has 0 fully saturated rings. The third-order valence-electron chi connectivity index (χ3n) is 5.74. The van der Waals surface area contributed by atoms with Gasteiger partial charge in [0.2, 0.25) is 5.91 Å². The molecule has 1 aliphatic heterocycles. The zero-order valence-electron chi connectivity index (χ0n) is 18.8. The van der Waals surface area contributed by atoms with Crippen LogP contribution in [0.25, 0.3) is 11.1 Å². The number of nitrogens with zero attached hydrogens (tertiary/aromatic N) is 1. The monoisotopic (exact) mass is 500 g/mol. The van der Waals surface area contributed by atoms with Crippen LogP contribution in [-0.4, -0.2) is 28.5 Å². The zero-order valence-corrected chi connectivity index (χ0v) is 19.7. The van der Waals surface area contributed by atoms with E-state index in [1.807, 2.05) is 11.2 Å². The van der Waals surface area contributed by atoms with Crippen LogP contribution in [0.4, 0.5) is 13.2 Å². The molecule has 1 unspecified atom stereocenters. The molecule has 9 heteroatoms. The highest BCUT2D eigenvalue weighted by atomic mass is 32.2. The van der Waals surface area contributed by atoms with E-state index < -0.39 is 29.7 Å². The summed E-state index contributed by atoms with van der Waals surface area (Å²) in [6.45, 7) is 2.64. The first-order chi connectivity index (χ1) is 16.7. The molecule has 1 atom stereocenters. The van der Waals surface area contributed by atoms with Gasteiger partial charge in [-0.2, -0.15) is 13.2 Å². The molecule has 0 radical (unpaired) electrons. The SMILES string of the molecule is CCSN1CCc2cc(OC(=O)c3ccccc3-c3ccc(C(F)(F)F)cc3)ccc2C1C(N)=O. The van der Waals surface area contributed by atoms with E-state index in [-0.39, 0.29) is 5.56 Å². The van der Waals surface area contributed by atoms with Crippen molar-refractivity contribution in [3.05, 3.63) is 89.0 Å². The summed E-state index contributed by atoms with van der Waals surface area (Å²) in [5.74, 6) is 0.0523. The van der Waals surface area contributed by atoms with E-state index >= 15 is 0 Å². The molecule has 3 aromatic rings. The van der Waals surface area contributed by atoms with Gasteiger partial charge in [0.25, 0.3) is 0 Å². The van der Waals surface area contributed by atoms with E-state index in [1.54, 1.807) is 54.4 Å². The van der Waals surface area contributed by atoms with Crippen molar-refractivity contribution in [3.63, 3.8) is 0 Å². The maximum atomic E-state index is 13.0. The Bertz CT molecular complexity index is 1250. The topological polar surface area (TPSA) is 72.6 Å². The van der Waals surface area contributed by atoms with Gasteiger partial charge in [-0.3, -0.25) is 4.79 Å². The van der Waals surface area contributed by atoms with Gasteiger partial charge < -0.3 is 10.5 Å². The van der Waals surface area contributed by atoms with Gasteiger partial charge in [0, 0.05) is 12.3 Å². The lowest BCUT2D eigenvalue weighted by Crippen LogP contribution is -2.38. The van der Waals surface area contributed by atoms with Crippen molar-refractivity contribution < 1.29 is 27.5 Å². The molecule has 0 aromatic heterocycles. The van der Waals surface area contributed by atoms with Crippen LogP contribution in [0, 0.1) is 0 Å². The summed E-state index contributed by atoms with van der Waals surface area (Å²) in [7, 11) is 0. The number of carbonyl (C=O) groups is 2. The van der Waals surface area contributed by atoms with Gasteiger partial charge in [0.05, 0.1) is 11.1 Å². The minimum absolute atomic E-state index is 0.227. The van der Waals surface area contributed by atoms with Crippen molar-refractivity contribution in [1.29, 1.82) is 0 Å². The normalized spacial score (nSPS) is 15.9. The Morgan fingerprint density at radius 1 is 1.09 bits per heavy atom. The maximum absolute atomic E-state index is 13.0. The predicted octanol–water partition coefficient (Wildman–Crippen LogP) is 5.64. The van der Waals surface area contributed by atoms with Crippen LogP contribution in [0.3, 0.4) is 0 Å². The van der Waals surface area contributed by atoms with E-state index in [0.29, 0.717) is 29.8 Å². The maximum Gasteiger partial charge on any atom is 0.416 e. The second-order valence-corrected chi connectivity index (χ2v) is 9.29. The highest BCUT2D eigenvalue weighted by molar-refractivity contribution is 7.97.